The first-order chi connectivity index (χ1) is 13.2. The van der Waals surface area contributed by atoms with E-state index in [1.807, 2.05) is 0 Å². The summed E-state index contributed by atoms with van der Waals surface area (Å²) in [5, 5.41) is 1.43. The first-order valence-corrected chi connectivity index (χ1v) is 10.5. The van der Waals surface area contributed by atoms with Crippen molar-refractivity contribution < 1.29 is 4.57 Å². The number of imidazole rings is 1. The highest BCUT2D eigenvalue weighted by Crippen LogP contribution is 2.38. The van der Waals surface area contributed by atoms with E-state index < -0.39 is 0 Å². The minimum atomic E-state index is 0.757. The molecular formula is C24H22N2P+. The second-order valence-corrected chi connectivity index (χ2v) is 8.38. The monoisotopic (exact) mass is 369 g/mol. The molecule has 1 unspecified atom stereocenters. The van der Waals surface area contributed by atoms with Gasteiger partial charge in [-0.05, 0) is 29.8 Å². The zero-order chi connectivity index (χ0) is 18.4. The van der Waals surface area contributed by atoms with E-state index in [1.165, 1.54) is 44.6 Å². The van der Waals surface area contributed by atoms with Gasteiger partial charge in [-0.3, -0.25) is 0 Å². The Kier molecular flexibility index (Phi) is 3.95. The van der Waals surface area contributed by atoms with Crippen molar-refractivity contribution in [3.63, 3.8) is 0 Å². The summed E-state index contributed by atoms with van der Waals surface area (Å²) < 4.78 is 4.65. The number of aryl methyl sites for hydroxylation is 2. The van der Waals surface area contributed by atoms with Crippen LogP contribution in [0.2, 0.25) is 0 Å². The van der Waals surface area contributed by atoms with E-state index in [9.17, 15) is 0 Å². The Bertz CT molecular complexity index is 1140. The topological polar surface area (TPSA) is 8.81 Å². The van der Waals surface area contributed by atoms with Crippen molar-refractivity contribution in [3.8, 4) is 28.2 Å². The van der Waals surface area contributed by atoms with Gasteiger partial charge in [0.25, 0.3) is 5.82 Å². The molecule has 0 fully saturated rings. The maximum absolute atomic E-state index is 2.40. The summed E-state index contributed by atoms with van der Waals surface area (Å²) in [6, 6.07) is 24.2. The Labute approximate surface area is 161 Å². The highest BCUT2D eigenvalue weighted by Gasteiger charge is 2.29. The van der Waals surface area contributed by atoms with Gasteiger partial charge in [-0.1, -0.05) is 75.3 Å². The highest BCUT2D eigenvalue weighted by atomic mass is 31.1. The predicted octanol–water partition coefficient (Wildman–Crippen LogP) is 4.76. The Hall–Kier alpha value is -2.70. The van der Waals surface area contributed by atoms with Crippen LogP contribution in [-0.4, -0.2) is 4.57 Å². The van der Waals surface area contributed by atoms with Crippen LogP contribution in [0.15, 0.2) is 79.1 Å². The number of fused-ring (bicyclic) bond motifs is 5. The molecule has 0 radical (unpaired) electrons. The van der Waals surface area contributed by atoms with Gasteiger partial charge in [-0.2, -0.15) is 4.57 Å². The fourth-order valence-corrected chi connectivity index (χ4v) is 5.45. The summed E-state index contributed by atoms with van der Waals surface area (Å²) in [5.41, 5.74) is 8.06. The van der Waals surface area contributed by atoms with Gasteiger partial charge in [0, 0.05) is 10.9 Å². The Morgan fingerprint density at radius 1 is 0.926 bits per heavy atom. The fraction of sp³-hybridized carbons (Fsp3) is 0.125. The quantitative estimate of drug-likeness (QED) is 0.338. The molecule has 1 aliphatic heterocycles. The van der Waals surface area contributed by atoms with Gasteiger partial charge in [0.15, 0.2) is 0 Å². The largest absolute Gasteiger partial charge is 0.294 e. The van der Waals surface area contributed by atoms with Crippen LogP contribution in [0.25, 0.3) is 28.2 Å². The van der Waals surface area contributed by atoms with E-state index >= 15 is 0 Å². The molecule has 2 nitrogen and oxygen atoms in total. The lowest BCUT2D eigenvalue weighted by molar-refractivity contribution is -0.659. The van der Waals surface area contributed by atoms with E-state index in [0.29, 0.717) is 0 Å². The van der Waals surface area contributed by atoms with E-state index in [2.05, 4.69) is 102 Å². The second kappa shape index (κ2) is 6.48. The Morgan fingerprint density at radius 2 is 1.74 bits per heavy atom. The van der Waals surface area contributed by atoms with Gasteiger partial charge >= 0.3 is 0 Å². The minimum absolute atomic E-state index is 0.757. The van der Waals surface area contributed by atoms with E-state index in [0.717, 1.165) is 14.7 Å². The molecule has 3 aromatic carbocycles. The van der Waals surface area contributed by atoms with Gasteiger partial charge in [0.2, 0.25) is 0 Å². The van der Waals surface area contributed by atoms with Crippen molar-refractivity contribution in [2.75, 3.05) is 0 Å². The maximum Gasteiger partial charge on any atom is 0.294 e. The van der Waals surface area contributed by atoms with Crippen molar-refractivity contribution in [1.29, 1.82) is 0 Å². The normalized spacial score (nSPS) is 13.4. The molecule has 1 aromatic heterocycles. The minimum Gasteiger partial charge on any atom is -0.232 e. The number of hydrogen-bond acceptors (Lipinski definition) is 0. The molecule has 0 amide bonds. The molecule has 0 bridgehead atoms. The lowest BCUT2D eigenvalue weighted by Crippen LogP contribution is -2.30. The highest BCUT2D eigenvalue weighted by molar-refractivity contribution is 7.46. The molecule has 5 rings (SSSR count). The molecule has 1 atom stereocenters. The second-order valence-electron chi connectivity index (χ2n) is 7.13. The van der Waals surface area contributed by atoms with Crippen molar-refractivity contribution >= 4 is 13.9 Å². The molecule has 0 saturated heterocycles. The molecule has 1 aliphatic rings. The molecule has 0 saturated carbocycles. The van der Waals surface area contributed by atoms with Crippen LogP contribution in [0.5, 0.6) is 0 Å². The Balaban J connectivity index is 1.87. The van der Waals surface area contributed by atoms with Crippen LogP contribution in [0.1, 0.15) is 11.1 Å². The van der Waals surface area contributed by atoms with E-state index in [-0.39, 0.29) is 0 Å². The lowest BCUT2D eigenvalue weighted by Gasteiger charge is -2.19. The van der Waals surface area contributed by atoms with Gasteiger partial charge in [-0.15, -0.1) is 0 Å². The van der Waals surface area contributed by atoms with Crippen molar-refractivity contribution in [3.05, 3.63) is 90.3 Å². The maximum atomic E-state index is 2.40. The van der Waals surface area contributed by atoms with E-state index in [4.69, 9.17) is 0 Å². The van der Waals surface area contributed by atoms with E-state index in [1.54, 1.807) is 0 Å². The van der Waals surface area contributed by atoms with Crippen LogP contribution in [0, 0.1) is 6.92 Å². The van der Waals surface area contributed by atoms with Crippen LogP contribution in [0.4, 0.5) is 0 Å². The first-order valence-electron chi connectivity index (χ1n) is 9.32. The third kappa shape index (κ3) is 2.64. The Morgan fingerprint density at radius 3 is 2.59 bits per heavy atom. The molecule has 3 heteroatoms. The summed E-state index contributed by atoms with van der Waals surface area (Å²) in [6.45, 7) is 2.23. The summed E-state index contributed by atoms with van der Waals surface area (Å²) >= 11 is 0. The average molecular weight is 369 g/mol. The molecule has 27 heavy (non-hydrogen) atoms. The van der Waals surface area contributed by atoms with Crippen LogP contribution in [-0.2, 0) is 13.2 Å². The number of benzene rings is 3. The first kappa shape index (κ1) is 16.5. The fourth-order valence-electron chi connectivity index (χ4n) is 4.14. The number of para-hydroxylation sites is 1. The molecule has 2 heterocycles. The smallest absolute Gasteiger partial charge is 0.232 e. The third-order valence-electron chi connectivity index (χ3n) is 5.42. The van der Waals surface area contributed by atoms with Gasteiger partial charge in [0.1, 0.15) is 18.1 Å². The average Bonchev–Trinajstić information content (AvgIpc) is 3.05. The van der Waals surface area contributed by atoms with Gasteiger partial charge in [0.05, 0.1) is 12.6 Å². The SMILES string of the molecule is Cc1cccc2c1-c1n(cc[n+]1C)-c1c(cccc1-c1ccccc1)PC2. The standard InChI is InChI=1S/C24H22N2P/c1-17-8-6-11-19-16-27-21-13-7-12-20(18-9-4-3-5-10-18)23(21)26-15-14-25(2)24(26)22(17)19/h3-15,27H,16H2,1-2H3/q+1. The summed E-state index contributed by atoms with van der Waals surface area (Å²) in [5.74, 6) is 1.26. The number of aromatic nitrogens is 2. The van der Waals surface area contributed by atoms with Gasteiger partial charge in [-0.25, -0.2) is 4.57 Å². The summed E-state index contributed by atoms with van der Waals surface area (Å²) in [6.07, 6.45) is 5.48. The zero-order valence-corrected chi connectivity index (χ0v) is 16.6. The van der Waals surface area contributed by atoms with Crippen LogP contribution >= 0.6 is 8.58 Å². The zero-order valence-electron chi connectivity index (χ0n) is 15.6. The molecule has 0 N–H and O–H groups in total. The number of nitrogens with zero attached hydrogens (tertiary/aromatic N) is 2. The van der Waals surface area contributed by atoms with Gasteiger partial charge < -0.3 is 0 Å². The molecule has 0 aliphatic carbocycles. The van der Waals surface area contributed by atoms with Crippen LogP contribution in [0.3, 0.4) is 0 Å². The molecule has 132 valence electrons. The summed E-state index contributed by atoms with van der Waals surface area (Å²) in [4.78, 5) is 0. The lowest BCUT2D eigenvalue weighted by atomic mass is 10.0. The van der Waals surface area contributed by atoms with Crippen LogP contribution < -0.4 is 9.87 Å². The number of hydrogen-bond donors (Lipinski definition) is 0. The van der Waals surface area contributed by atoms with Crippen molar-refractivity contribution in [2.24, 2.45) is 7.05 Å². The van der Waals surface area contributed by atoms with Crippen molar-refractivity contribution in [2.45, 2.75) is 13.1 Å². The van der Waals surface area contributed by atoms with Crippen molar-refractivity contribution in [1.82, 2.24) is 4.57 Å². The third-order valence-corrected chi connectivity index (χ3v) is 6.76. The molecular weight excluding hydrogens is 347 g/mol. The molecule has 0 spiro atoms. The predicted molar refractivity (Wildman–Crippen MR) is 114 cm³/mol. The summed E-state index contributed by atoms with van der Waals surface area (Å²) in [7, 11) is 2.91. The molecule has 4 aromatic rings. The number of rotatable bonds is 1.